The van der Waals surface area contributed by atoms with E-state index < -0.39 is 36.4 Å². The van der Waals surface area contributed by atoms with Gasteiger partial charge in [-0.05, 0) is 72.8 Å². The van der Waals surface area contributed by atoms with Gasteiger partial charge in [-0.2, -0.15) is 0 Å². The SMILES string of the molecule is COc1cc2ncnc(Cl)c2cc1OC.COc1cc2ncnc(Nc3ccc(OC4CO[C@@H]5[C@@H](OC(=O)c6ccccc6)CO[C@H]45)c(Cl)c3)c2cc1OC.Nc1ccc(OC2CO[C@@H]3[C@@H](OC(=O)c4ccccc4)CO[C@H]23)c(Cl)c1. The molecule has 81 heavy (non-hydrogen) atoms. The van der Waals surface area contributed by atoms with E-state index in [0.29, 0.717) is 90.1 Å². The van der Waals surface area contributed by atoms with Crippen LogP contribution in [0, 0.1) is 0 Å². The number of hydrogen-bond donors (Lipinski definition) is 2. The summed E-state index contributed by atoms with van der Waals surface area (Å²) in [5, 5.41) is 6.02. The van der Waals surface area contributed by atoms with E-state index in [-0.39, 0.29) is 44.2 Å². The number of carbonyl (C=O) groups is 2. The first-order chi connectivity index (χ1) is 39.4. The molecular weight excluding hydrogens is 1110 g/mol. The number of ether oxygens (including phenoxy) is 12. The fourth-order valence-electron chi connectivity index (χ4n) is 9.41. The first-order valence-electron chi connectivity index (χ1n) is 25.2. The number of aromatic nitrogens is 4. The number of benzene rings is 6. The van der Waals surface area contributed by atoms with Crippen LogP contribution in [-0.2, 0) is 28.4 Å². The Morgan fingerprint density at radius 2 is 0.926 bits per heavy atom. The summed E-state index contributed by atoms with van der Waals surface area (Å²) in [7, 11) is 6.30. The van der Waals surface area contributed by atoms with Crippen molar-refractivity contribution in [2.45, 2.75) is 48.8 Å². The van der Waals surface area contributed by atoms with Crippen molar-refractivity contribution in [1.29, 1.82) is 0 Å². The predicted octanol–water partition coefficient (Wildman–Crippen LogP) is 9.81. The molecule has 420 valence electrons. The van der Waals surface area contributed by atoms with Crippen LogP contribution >= 0.6 is 34.8 Å². The maximum Gasteiger partial charge on any atom is 0.338 e. The summed E-state index contributed by atoms with van der Waals surface area (Å²) in [6.45, 7) is 1.11. The van der Waals surface area contributed by atoms with Gasteiger partial charge in [0.05, 0.1) is 87.1 Å². The fourth-order valence-corrected chi connectivity index (χ4v) is 10.1. The second-order valence-corrected chi connectivity index (χ2v) is 19.6. The number of rotatable bonds is 14. The molecule has 0 saturated carbocycles. The van der Waals surface area contributed by atoms with Crippen LogP contribution in [0.25, 0.3) is 21.8 Å². The minimum absolute atomic E-state index is 0.230. The Labute approximate surface area is 479 Å². The highest BCUT2D eigenvalue weighted by atomic mass is 35.5. The molecule has 0 amide bonds. The minimum Gasteiger partial charge on any atom is -0.493 e. The van der Waals surface area contributed by atoms with Crippen molar-refractivity contribution in [3.05, 3.63) is 160 Å². The molecule has 6 heterocycles. The normalized spacial score (nSPS) is 21.3. The number of hydrogen-bond acceptors (Lipinski definition) is 20. The van der Waals surface area contributed by atoms with Crippen molar-refractivity contribution in [2.24, 2.45) is 0 Å². The third-order valence-electron chi connectivity index (χ3n) is 13.4. The lowest BCUT2D eigenvalue weighted by atomic mass is 10.1. The number of methoxy groups -OCH3 is 4. The van der Waals surface area contributed by atoms with Crippen LogP contribution < -0.4 is 39.5 Å². The highest BCUT2D eigenvalue weighted by Crippen LogP contribution is 2.39. The molecule has 0 bridgehead atoms. The number of nitrogens with one attached hydrogen (secondary N) is 1. The maximum atomic E-state index is 12.5. The van der Waals surface area contributed by atoms with Gasteiger partial charge in [0.2, 0.25) is 0 Å². The summed E-state index contributed by atoms with van der Waals surface area (Å²) in [5.41, 5.74) is 9.36. The number of anilines is 3. The lowest BCUT2D eigenvalue weighted by Gasteiger charge is -2.19. The smallest absolute Gasteiger partial charge is 0.338 e. The minimum atomic E-state index is -0.519. The molecule has 23 heteroatoms. The van der Waals surface area contributed by atoms with Gasteiger partial charge in [0.15, 0.2) is 47.4 Å². The van der Waals surface area contributed by atoms with Crippen LogP contribution in [0.5, 0.6) is 34.5 Å². The summed E-state index contributed by atoms with van der Waals surface area (Å²) >= 11 is 18.7. The highest BCUT2D eigenvalue weighted by molar-refractivity contribution is 6.34. The van der Waals surface area contributed by atoms with Crippen LogP contribution in [0.2, 0.25) is 15.2 Å². The van der Waals surface area contributed by atoms with Crippen molar-refractivity contribution in [3.8, 4) is 34.5 Å². The number of esters is 2. The Morgan fingerprint density at radius 3 is 1.42 bits per heavy atom. The molecule has 0 radical (unpaired) electrons. The molecule has 2 unspecified atom stereocenters. The molecule has 4 aliphatic heterocycles. The Kier molecular flexibility index (Phi) is 17.8. The quantitative estimate of drug-likeness (QED) is 0.0585. The standard InChI is InChI=1S/C29H26ClN3O7.C19H18ClNO5.C10H9ClN2O2/c1-35-22-11-18-20(12-23(22)36-2)31-15-32-28(18)33-17-8-9-21(19(30)10-17)39-24-13-37-27-25(14-38-26(24)27)40-29(34)16-6-4-3-5-7-16;20-13-8-12(21)6-7-14(13)25-15-9-23-18-16(10-24-17(15)18)26-19(22)11-4-2-1-3-5-11;1-14-8-3-6-7(4-9(8)15-2)12-5-13-10(6)11/h3-12,15,24-27H,13-14H2,1-2H3,(H,31,32,33);1-8,15-18H,9-10,21H2;3-5H,1-2H3/t24?,25-,26+,27+;15?,16-,17+,18+;/m00./s1. The highest BCUT2D eigenvalue weighted by Gasteiger charge is 2.52. The van der Waals surface area contributed by atoms with Gasteiger partial charge in [-0.25, -0.2) is 29.5 Å². The summed E-state index contributed by atoms with van der Waals surface area (Å²) in [5.74, 6) is 3.15. The van der Waals surface area contributed by atoms with Gasteiger partial charge in [0.1, 0.15) is 59.5 Å². The third kappa shape index (κ3) is 12.8. The second kappa shape index (κ2) is 25.7. The molecule has 8 aromatic rings. The molecule has 4 saturated heterocycles. The summed E-state index contributed by atoms with van der Waals surface area (Å²) in [4.78, 5) is 41.5. The second-order valence-electron chi connectivity index (χ2n) is 18.4. The zero-order chi connectivity index (χ0) is 56.6. The van der Waals surface area contributed by atoms with Crippen molar-refractivity contribution < 1.29 is 66.4 Å². The maximum absolute atomic E-state index is 12.5. The van der Waals surface area contributed by atoms with E-state index in [2.05, 4.69) is 25.3 Å². The molecule has 3 N–H and O–H groups in total. The van der Waals surface area contributed by atoms with Gasteiger partial charge < -0.3 is 67.9 Å². The van der Waals surface area contributed by atoms with Gasteiger partial charge in [-0.15, -0.1) is 0 Å². The van der Waals surface area contributed by atoms with Crippen LogP contribution in [-0.4, -0.2) is 136 Å². The number of nitrogens with two attached hydrogens (primary N) is 1. The Hall–Kier alpha value is -7.95. The number of carbonyl (C=O) groups excluding carboxylic acids is 2. The zero-order valence-electron chi connectivity index (χ0n) is 43.9. The Morgan fingerprint density at radius 1 is 0.494 bits per heavy atom. The molecule has 20 nitrogen and oxygen atoms in total. The number of fused-ring (bicyclic) bond motifs is 4. The van der Waals surface area contributed by atoms with Gasteiger partial charge in [-0.3, -0.25) is 0 Å². The van der Waals surface area contributed by atoms with Crippen molar-refractivity contribution >= 4 is 85.7 Å². The molecule has 2 aromatic heterocycles. The number of nitrogens with zero attached hydrogens (tertiary/aromatic N) is 4. The van der Waals surface area contributed by atoms with E-state index in [1.54, 1.807) is 126 Å². The van der Waals surface area contributed by atoms with Crippen molar-refractivity contribution in [1.82, 2.24) is 19.9 Å². The molecule has 4 aliphatic rings. The van der Waals surface area contributed by atoms with Gasteiger partial charge >= 0.3 is 11.9 Å². The largest absolute Gasteiger partial charge is 0.493 e. The number of halogens is 3. The lowest BCUT2D eigenvalue weighted by Crippen LogP contribution is -2.36. The van der Waals surface area contributed by atoms with E-state index >= 15 is 0 Å². The molecule has 0 aliphatic carbocycles. The molecule has 6 aromatic carbocycles. The van der Waals surface area contributed by atoms with Gasteiger partial charge in [0.25, 0.3) is 0 Å². The van der Waals surface area contributed by atoms with Crippen LogP contribution in [0.15, 0.2) is 134 Å². The van der Waals surface area contributed by atoms with Crippen LogP contribution in [0.3, 0.4) is 0 Å². The summed E-state index contributed by atoms with van der Waals surface area (Å²) < 4.78 is 67.9. The van der Waals surface area contributed by atoms with E-state index in [9.17, 15) is 9.59 Å². The fraction of sp³-hybridized carbons (Fsp3) is 0.276. The predicted molar refractivity (Wildman–Crippen MR) is 300 cm³/mol. The zero-order valence-corrected chi connectivity index (χ0v) is 46.1. The van der Waals surface area contributed by atoms with E-state index in [4.69, 9.17) is 97.4 Å². The van der Waals surface area contributed by atoms with Crippen molar-refractivity contribution in [3.63, 3.8) is 0 Å². The van der Waals surface area contributed by atoms with E-state index in [0.717, 1.165) is 16.3 Å². The Balaban J connectivity index is 0.000000153. The van der Waals surface area contributed by atoms with Crippen LogP contribution in [0.4, 0.5) is 17.2 Å². The average Bonchev–Trinajstić information content (AvgIpc) is 4.43. The summed E-state index contributed by atoms with van der Waals surface area (Å²) in [6.07, 6.45) is -0.331. The molecule has 4 fully saturated rings. The Bertz CT molecular complexity index is 3520. The average molecular weight is 1160 g/mol. The number of nitrogen functional groups attached to an aromatic ring is 1. The van der Waals surface area contributed by atoms with Gasteiger partial charge in [-0.1, -0.05) is 71.2 Å². The van der Waals surface area contributed by atoms with Crippen LogP contribution in [0.1, 0.15) is 20.7 Å². The van der Waals surface area contributed by atoms with Gasteiger partial charge in [0, 0.05) is 34.3 Å². The van der Waals surface area contributed by atoms with E-state index in [1.807, 2.05) is 24.3 Å². The first kappa shape index (κ1) is 56.3. The molecule has 12 rings (SSSR count). The summed E-state index contributed by atoms with van der Waals surface area (Å²) in [6, 6.07) is 35.2. The van der Waals surface area contributed by atoms with E-state index in [1.165, 1.54) is 12.7 Å². The lowest BCUT2D eigenvalue weighted by molar-refractivity contribution is -0.0193. The molecular formula is C58H53Cl3N6O14. The first-order valence-corrected chi connectivity index (χ1v) is 26.4. The molecule has 8 atom stereocenters. The molecule has 0 spiro atoms. The van der Waals surface area contributed by atoms with Crippen molar-refractivity contribution in [2.75, 3.05) is 65.9 Å². The third-order valence-corrected chi connectivity index (χ3v) is 14.3. The topological polar surface area (TPSA) is 235 Å². The monoisotopic (exact) mass is 1160 g/mol.